The molecular weight excluding hydrogens is 510 g/mol. The Balaban J connectivity index is 1.25. The number of hydrogen-bond donors (Lipinski definition) is 0. The Labute approximate surface area is 225 Å². The summed E-state index contributed by atoms with van der Waals surface area (Å²) in [6, 6.07) is 13.8. The molecule has 1 atom stereocenters. The van der Waals surface area contributed by atoms with Gasteiger partial charge in [0.05, 0.1) is 16.6 Å². The van der Waals surface area contributed by atoms with Gasteiger partial charge in [0, 0.05) is 24.2 Å². The van der Waals surface area contributed by atoms with Crippen molar-refractivity contribution < 1.29 is 17.9 Å². The number of hydrogen-bond acceptors (Lipinski definition) is 5. The van der Waals surface area contributed by atoms with E-state index in [0.717, 1.165) is 37.9 Å². The summed E-state index contributed by atoms with van der Waals surface area (Å²) in [5.74, 6) is 0. The number of piperidine rings is 1. The lowest BCUT2D eigenvalue weighted by molar-refractivity contribution is 0.0690. The lowest BCUT2D eigenvalue weighted by Gasteiger charge is -2.39. The van der Waals surface area contributed by atoms with Crippen LogP contribution in [0.15, 0.2) is 53.4 Å². The number of halogens is 1. The minimum absolute atomic E-state index is 0.0199. The first-order chi connectivity index (χ1) is 17.9. The molecule has 0 bridgehead atoms. The zero-order valence-electron chi connectivity index (χ0n) is 21.2. The SMILES string of the molecule is O=C(OCC1CCc2ccccc2N1S(=O)(=O)c1ccc(Cl)cc1)N1CCC(N2CCCCCC2)CC1. The molecule has 0 aromatic heterocycles. The van der Waals surface area contributed by atoms with E-state index in [9.17, 15) is 13.2 Å². The maximum atomic E-state index is 13.8. The molecule has 2 fully saturated rings. The summed E-state index contributed by atoms with van der Waals surface area (Å²) < 4.78 is 34.7. The highest BCUT2D eigenvalue weighted by Crippen LogP contribution is 2.36. The lowest BCUT2D eigenvalue weighted by Crippen LogP contribution is -2.49. The molecule has 2 saturated heterocycles. The van der Waals surface area contributed by atoms with E-state index in [4.69, 9.17) is 16.3 Å². The fourth-order valence-electron chi connectivity index (χ4n) is 5.90. The number of carbonyl (C=O) groups excluding carboxylic acids is 1. The fraction of sp³-hybridized carbons (Fsp3) is 0.536. The van der Waals surface area contributed by atoms with Crippen molar-refractivity contribution in [3.63, 3.8) is 0 Å². The molecule has 5 rings (SSSR count). The Bertz CT molecular complexity index is 1170. The molecule has 200 valence electrons. The number of likely N-dealkylation sites (tertiary alicyclic amines) is 2. The van der Waals surface area contributed by atoms with Crippen LogP contribution in [0.2, 0.25) is 5.02 Å². The third kappa shape index (κ3) is 5.91. The van der Waals surface area contributed by atoms with Crippen LogP contribution in [-0.2, 0) is 21.2 Å². The number of anilines is 1. The quantitative estimate of drug-likeness (QED) is 0.508. The van der Waals surface area contributed by atoms with Crippen LogP contribution in [-0.4, -0.2) is 69.2 Å². The Morgan fingerprint density at radius 2 is 1.57 bits per heavy atom. The Morgan fingerprint density at radius 1 is 0.892 bits per heavy atom. The molecule has 2 aromatic carbocycles. The molecule has 2 aromatic rings. The number of ether oxygens (including phenoxy) is 1. The third-order valence-corrected chi connectivity index (χ3v) is 10.1. The van der Waals surface area contributed by atoms with Crippen LogP contribution in [0.25, 0.3) is 0 Å². The Kier molecular flexibility index (Phi) is 8.27. The molecule has 3 aliphatic rings. The van der Waals surface area contributed by atoms with Crippen molar-refractivity contribution in [1.29, 1.82) is 0 Å². The number of aryl methyl sites for hydroxylation is 1. The van der Waals surface area contributed by atoms with Gasteiger partial charge < -0.3 is 14.5 Å². The standard InChI is InChI=1S/C28H36ClN3O4S/c29-23-10-13-26(14-11-23)37(34,35)32-25(12-9-22-7-3-4-8-27(22)32)21-36-28(33)31-19-15-24(16-20-31)30-17-5-1-2-6-18-30/h3-4,7-8,10-11,13-14,24-25H,1-2,5-6,9,12,15-21H2. The normalized spacial score (nSPS) is 21.8. The maximum absolute atomic E-state index is 13.8. The molecule has 3 heterocycles. The summed E-state index contributed by atoms with van der Waals surface area (Å²) in [6.07, 6.45) is 8.05. The van der Waals surface area contributed by atoms with Gasteiger partial charge in [-0.05, 0) is 87.5 Å². The first-order valence-electron chi connectivity index (χ1n) is 13.5. The van der Waals surface area contributed by atoms with Gasteiger partial charge in [-0.15, -0.1) is 0 Å². The van der Waals surface area contributed by atoms with Crippen molar-refractivity contribution in [1.82, 2.24) is 9.80 Å². The Morgan fingerprint density at radius 3 is 2.27 bits per heavy atom. The van der Waals surface area contributed by atoms with Gasteiger partial charge in [0.1, 0.15) is 6.61 Å². The molecule has 9 heteroatoms. The van der Waals surface area contributed by atoms with Gasteiger partial charge in [0.2, 0.25) is 0 Å². The van der Waals surface area contributed by atoms with Gasteiger partial charge in [0.25, 0.3) is 10.0 Å². The highest BCUT2D eigenvalue weighted by Gasteiger charge is 2.37. The van der Waals surface area contributed by atoms with Gasteiger partial charge in [-0.25, -0.2) is 13.2 Å². The highest BCUT2D eigenvalue weighted by atomic mass is 35.5. The maximum Gasteiger partial charge on any atom is 0.409 e. The van der Waals surface area contributed by atoms with Gasteiger partial charge in [-0.1, -0.05) is 42.6 Å². The van der Waals surface area contributed by atoms with Crippen LogP contribution in [0.3, 0.4) is 0 Å². The molecule has 3 aliphatic heterocycles. The third-order valence-electron chi connectivity index (χ3n) is 7.96. The van der Waals surface area contributed by atoms with E-state index in [1.54, 1.807) is 17.0 Å². The number of para-hydroxylation sites is 1. The minimum Gasteiger partial charge on any atom is -0.447 e. The fourth-order valence-corrected chi connectivity index (χ4v) is 7.73. The lowest BCUT2D eigenvalue weighted by atomic mass is 9.98. The monoisotopic (exact) mass is 545 g/mol. The van der Waals surface area contributed by atoms with Gasteiger partial charge in [-0.3, -0.25) is 4.31 Å². The summed E-state index contributed by atoms with van der Waals surface area (Å²) in [7, 11) is -3.87. The largest absolute Gasteiger partial charge is 0.447 e. The van der Waals surface area contributed by atoms with Crippen molar-refractivity contribution in [2.24, 2.45) is 0 Å². The number of carbonyl (C=O) groups is 1. The van der Waals surface area contributed by atoms with E-state index in [-0.39, 0.29) is 17.6 Å². The summed E-state index contributed by atoms with van der Waals surface area (Å²) in [5.41, 5.74) is 1.61. The van der Waals surface area contributed by atoms with E-state index in [1.165, 1.54) is 42.1 Å². The Hall–Kier alpha value is -2.29. The number of fused-ring (bicyclic) bond motifs is 1. The highest BCUT2D eigenvalue weighted by molar-refractivity contribution is 7.92. The van der Waals surface area contributed by atoms with Crippen LogP contribution >= 0.6 is 11.6 Å². The average Bonchev–Trinajstić information content (AvgIpc) is 3.21. The van der Waals surface area contributed by atoms with Gasteiger partial charge in [-0.2, -0.15) is 0 Å². The van der Waals surface area contributed by atoms with Crippen LogP contribution in [0.4, 0.5) is 10.5 Å². The average molecular weight is 546 g/mol. The molecular formula is C28H36ClN3O4S. The molecule has 0 spiro atoms. The summed E-state index contributed by atoms with van der Waals surface area (Å²) in [5, 5.41) is 0.475. The summed E-state index contributed by atoms with van der Waals surface area (Å²) >= 11 is 6.00. The first kappa shape index (κ1) is 26.3. The van der Waals surface area contributed by atoms with E-state index >= 15 is 0 Å². The van der Waals surface area contributed by atoms with Crippen molar-refractivity contribution in [2.45, 2.75) is 68.3 Å². The van der Waals surface area contributed by atoms with Crippen LogP contribution < -0.4 is 4.31 Å². The number of benzene rings is 2. The van der Waals surface area contributed by atoms with Crippen LogP contribution in [0.5, 0.6) is 0 Å². The minimum atomic E-state index is -3.87. The summed E-state index contributed by atoms with van der Waals surface area (Å²) in [6.45, 7) is 3.71. The molecule has 37 heavy (non-hydrogen) atoms. The predicted molar refractivity (Wildman–Crippen MR) is 146 cm³/mol. The molecule has 0 aliphatic carbocycles. The van der Waals surface area contributed by atoms with E-state index in [1.807, 2.05) is 24.3 Å². The van der Waals surface area contributed by atoms with E-state index in [0.29, 0.717) is 36.3 Å². The van der Waals surface area contributed by atoms with Gasteiger partial charge in [0.15, 0.2) is 0 Å². The zero-order chi connectivity index (χ0) is 25.8. The summed E-state index contributed by atoms with van der Waals surface area (Å²) in [4.78, 5) is 17.5. The van der Waals surface area contributed by atoms with E-state index < -0.39 is 16.1 Å². The molecule has 1 unspecified atom stereocenters. The van der Waals surface area contributed by atoms with Crippen molar-refractivity contribution >= 4 is 33.4 Å². The first-order valence-corrected chi connectivity index (χ1v) is 15.3. The number of nitrogens with zero attached hydrogens (tertiary/aromatic N) is 3. The van der Waals surface area contributed by atoms with Crippen LogP contribution in [0.1, 0.15) is 50.5 Å². The molecule has 0 radical (unpaired) electrons. The zero-order valence-corrected chi connectivity index (χ0v) is 22.8. The van der Waals surface area contributed by atoms with Crippen molar-refractivity contribution in [2.75, 3.05) is 37.1 Å². The second-order valence-corrected chi connectivity index (χ2v) is 12.6. The van der Waals surface area contributed by atoms with Gasteiger partial charge >= 0.3 is 6.09 Å². The van der Waals surface area contributed by atoms with E-state index in [2.05, 4.69) is 4.90 Å². The molecule has 0 saturated carbocycles. The van der Waals surface area contributed by atoms with Crippen molar-refractivity contribution in [3.8, 4) is 0 Å². The van der Waals surface area contributed by atoms with Crippen molar-refractivity contribution in [3.05, 3.63) is 59.1 Å². The second-order valence-electron chi connectivity index (χ2n) is 10.3. The number of sulfonamides is 1. The van der Waals surface area contributed by atoms with Crippen LogP contribution in [0, 0.1) is 0 Å². The second kappa shape index (κ2) is 11.6. The molecule has 1 amide bonds. The molecule has 0 N–H and O–H groups in total. The topological polar surface area (TPSA) is 70.2 Å². The smallest absolute Gasteiger partial charge is 0.409 e. The number of rotatable bonds is 5. The molecule has 7 nitrogen and oxygen atoms in total. The predicted octanol–water partition coefficient (Wildman–Crippen LogP) is 5.33. The number of amides is 1.